The number of nitrogens with one attached hydrogen (secondary N) is 1. The van der Waals surface area contributed by atoms with Crippen LogP contribution >= 0.6 is 0 Å². The van der Waals surface area contributed by atoms with Crippen molar-refractivity contribution in [3.05, 3.63) is 29.3 Å². The van der Waals surface area contributed by atoms with Gasteiger partial charge >= 0.3 is 0 Å². The lowest BCUT2D eigenvalue weighted by Crippen LogP contribution is -2.47. The molecule has 0 radical (unpaired) electrons. The maximum Gasteiger partial charge on any atom is 0.251 e. The lowest BCUT2D eigenvalue weighted by atomic mass is 10.1. The molecule has 1 saturated heterocycles. The molecule has 0 aromatic heterocycles. The topological polar surface area (TPSA) is 69.7 Å². The molecule has 1 amide bonds. The molecule has 1 unspecified atom stereocenters. The fraction of sp³-hybridized carbons (Fsp3) is 0.588. The van der Waals surface area contributed by atoms with Crippen LogP contribution in [-0.2, 0) is 10.0 Å². The van der Waals surface area contributed by atoms with E-state index in [4.69, 9.17) is 0 Å². The fourth-order valence-corrected chi connectivity index (χ4v) is 4.27. The highest BCUT2D eigenvalue weighted by Gasteiger charge is 2.29. The SMILES string of the molecule is CCC(C)NC(=O)c1ccc(C)c(S(=O)(=O)N2CCN(C)CC2)c1. The Labute approximate surface area is 144 Å². The molecule has 0 aliphatic carbocycles. The van der Waals surface area contributed by atoms with Crippen LogP contribution in [0.25, 0.3) is 0 Å². The van der Waals surface area contributed by atoms with E-state index in [9.17, 15) is 13.2 Å². The summed E-state index contributed by atoms with van der Waals surface area (Å²) in [7, 11) is -1.60. The lowest BCUT2D eigenvalue weighted by Gasteiger charge is -2.32. The summed E-state index contributed by atoms with van der Waals surface area (Å²) in [6.07, 6.45) is 0.823. The number of carbonyl (C=O) groups is 1. The van der Waals surface area contributed by atoms with E-state index in [2.05, 4.69) is 10.2 Å². The molecular formula is C17H27N3O3S. The van der Waals surface area contributed by atoms with Crippen molar-refractivity contribution in [1.29, 1.82) is 0 Å². The second-order valence-electron chi connectivity index (χ2n) is 6.47. The predicted molar refractivity (Wildman–Crippen MR) is 94.7 cm³/mol. The third-order valence-electron chi connectivity index (χ3n) is 4.52. The van der Waals surface area contributed by atoms with E-state index in [0.717, 1.165) is 6.42 Å². The molecule has 1 heterocycles. The molecule has 1 aliphatic heterocycles. The molecule has 2 rings (SSSR count). The van der Waals surface area contributed by atoms with Gasteiger partial charge in [-0.1, -0.05) is 13.0 Å². The number of piperazine rings is 1. The Morgan fingerprint density at radius 3 is 2.46 bits per heavy atom. The van der Waals surface area contributed by atoms with Gasteiger partial charge in [0.25, 0.3) is 5.91 Å². The summed E-state index contributed by atoms with van der Waals surface area (Å²) >= 11 is 0. The van der Waals surface area contributed by atoms with Crippen LogP contribution < -0.4 is 5.32 Å². The first-order valence-corrected chi connectivity index (χ1v) is 9.80. The van der Waals surface area contributed by atoms with Crippen molar-refractivity contribution in [3.8, 4) is 0 Å². The number of hydrogen-bond acceptors (Lipinski definition) is 4. The Bertz CT molecular complexity index is 695. The largest absolute Gasteiger partial charge is 0.350 e. The zero-order valence-corrected chi connectivity index (χ0v) is 15.7. The first-order chi connectivity index (χ1) is 11.3. The summed E-state index contributed by atoms with van der Waals surface area (Å²) in [4.78, 5) is 14.6. The van der Waals surface area contributed by atoms with Crippen LogP contribution in [0.5, 0.6) is 0 Å². The molecule has 7 heteroatoms. The number of benzene rings is 1. The number of rotatable bonds is 5. The van der Waals surface area contributed by atoms with Crippen molar-refractivity contribution in [2.24, 2.45) is 0 Å². The smallest absolute Gasteiger partial charge is 0.251 e. The van der Waals surface area contributed by atoms with Gasteiger partial charge in [-0.2, -0.15) is 4.31 Å². The van der Waals surface area contributed by atoms with E-state index in [1.165, 1.54) is 10.4 Å². The van der Waals surface area contributed by atoms with E-state index in [0.29, 0.717) is 37.3 Å². The average Bonchev–Trinajstić information content (AvgIpc) is 2.55. The fourth-order valence-electron chi connectivity index (χ4n) is 2.60. The van der Waals surface area contributed by atoms with Gasteiger partial charge in [0.1, 0.15) is 0 Å². The minimum atomic E-state index is -3.58. The third kappa shape index (κ3) is 4.15. The normalized spacial score (nSPS) is 18.3. The van der Waals surface area contributed by atoms with Gasteiger partial charge in [-0.25, -0.2) is 8.42 Å². The molecule has 1 N–H and O–H groups in total. The number of aryl methyl sites for hydroxylation is 1. The number of nitrogens with zero attached hydrogens (tertiary/aromatic N) is 2. The summed E-state index contributed by atoms with van der Waals surface area (Å²) in [6.45, 7) is 8.05. The minimum absolute atomic E-state index is 0.0523. The molecule has 1 aromatic carbocycles. The first-order valence-electron chi connectivity index (χ1n) is 8.36. The van der Waals surface area contributed by atoms with Gasteiger partial charge < -0.3 is 10.2 Å². The van der Waals surface area contributed by atoms with Crippen LogP contribution in [-0.4, -0.2) is 62.8 Å². The Balaban J connectivity index is 2.29. The number of hydrogen-bond donors (Lipinski definition) is 1. The molecule has 134 valence electrons. The van der Waals surface area contributed by atoms with E-state index in [-0.39, 0.29) is 16.8 Å². The van der Waals surface area contributed by atoms with Crippen molar-refractivity contribution in [1.82, 2.24) is 14.5 Å². The standard InChI is InChI=1S/C17H27N3O3S/c1-5-14(3)18-17(21)15-7-6-13(2)16(12-15)24(22,23)20-10-8-19(4)9-11-20/h6-7,12,14H,5,8-11H2,1-4H3,(H,18,21). The quantitative estimate of drug-likeness (QED) is 0.870. The highest BCUT2D eigenvalue weighted by Crippen LogP contribution is 2.22. The van der Waals surface area contributed by atoms with Crippen molar-refractivity contribution in [2.45, 2.75) is 38.1 Å². The molecule has 1 aliphatic rings. The second-order valence-corrected chi connectivity index (χ2v) is 8.38. The number of amides is 1. The highest BCUT2D eigenvalue weighted by molar-refractivity contribution is 7.89. The highest BCUT2D eigenvalue weighted by atomic mass is 32.2. The minimum Gasteiger partial charge on any atom is -0.350 e. The van der Waals surface area contributed by atoms with Crippen LogP contribution in [0, 0.1) is 6.92 Å². The zero-order chi connectivity index (χ0) is 17.9. The Hall–Kier alpha value is -1.44. The van der Waals surface area contributed by atoms with Crippen LogP contribution in [0.1, 0.15) is 36.2 Å². The van der Waals surface area contributed by atoms with Gasteiger partial charge in [0, 0.05) is 37.8 Å². The van der Waals surface area contributed by atoms with Gasteiger partial charge in [-0.05, 0) is 45.0 Å². The molecule has 1 atom stereocenters. The average molecular weight is 353 g/mol. The van der Waals surface area contributed by atoms with Crippen LogP contribution in [0.4, 0.5) is 0 Å². The number of carbonyl (C=O) groups excluding carboxylic acids is 1. The summed E-state index contributed by atoms with van der Waals surface area (Å²) in [6, 6.07) is 4.93. The molecule has 6 nitrogen and oxygen atoms in total. The number of likely N-dealkylation sites (N-methyl/N-ethyl adjacent to an activating group) is 1. The van der Waals surface area contributed by atoms with Crippen molar-refractivity contribution < 1.29 is 13.2 Å². The molecule has 1 aromatic rings. The van der Waals surface area contributed by atoms with E-state index >= 15 is 0 Å². The van der Waals surface area contributed by atoms with E-state index in [1.54, 1.807) is 19.1 Å². The first kappa shape index (κ1) is 18.9. The number of sulfonamides is 1. The molecule has 0 spiro atoms. The Morgan fingerprint density at radius 2 is 1.88 bits per heavy atom. The second kappa shape index (κ2) is 7.63. The van der Waals surface area contributed by atoms with Gasteiger partial charge in [-0.3, -0.25) is 4.79 Å². The third-order valence-corrected chi connectivity index (χ3v) is 6.56. The predicted octanol–water partition coefficient (Wildman–Crippen LogP) is 1.46. The van der Waals surface area contributed by atoms with Gasteiger partial charge in [0.05, 0.1) is 4.90 Å². The monoisotopic (exact) mass is 353 g/mol. The van der Waals surface area contributed by atoms with E-state index in [1.807, 2.05) is 20.9 Å². The maximum absolute atomic E-state index is 12.9. The summed E-state index contributed by atoms with van der Waals surface area (Å²) in [5, 5.41) is 2.88. The summed E-state index contributed by atoms with van der Waals surface area (Å²) in [5.74, 6) is -0.237. The zero-order valence-electron chi connectivity index (χ0n) is 14.9. The van der Waals surface area contributed by atoms with Crippen LogP contribution in [0.2, 0.25) is 0 Å². The molecule has 0 bridgehead atoms. The molecule has 1 fully saturated rings. The van der Waals surface area contributed by atoms with Gasteiger partial charge in [-0.15, -0.1) is 0 Å². The Morgan fingerprint density at radius 1 is 1.25 bits per heavy atom. The molecule has 24 heavy (non-hydrogen) atoms. The van der Waals surface area contributed by atoms with Crippen LogP contribution in [0.15, 0.2) is 23.1 Å². The Kier molecular flexibility index (Phi) is 6.01. The van der Waals surface area contributed by atoms with Crippen molar-refractivity contribution >= 4 is 15.9 Å². The molecular weight excluding hydrogens is 326 g/mol. The van der Waals surface area contributed by atoms with Gasteiger partial charge in [0.15, 0.2) is 0 Å². The molecule has 0 saturated carbocycles. The van der Waals surface area contributed by atoms with Crippen LogP contribution in [0.3, 0.4) is 0 Å². The van der Waals surface area contributed by atoms with Gasteiger partial charge in [0.2, 0.25) is 10.0 Å². The van der Waals surface area contributed by atoms with Crippen molar-refractivity contribution in [2.75, 3.05) is 33.2 Å². The van der Waals surface area contributed by atoms with Crippen molar-refractivity contribution in [3.63, 3.8) is 0 Å². The lowest BCUT2D eigenvalue weighted by molar-refractivity contribution is 0.0939. The summed E-state index contributed by atoms with van der Waals surface area (Å²) < 4.78 is 27.4. The van der Waals surface area contributed by atoms with E-state index < -0.39 is 10.0 Å². The maximum atomic E-state index is 12.9. The summed E-state index contributed by atoms with van der Waals surface area (Å²) in [5.41, 5.74) is 1.04.